The van der Waals surface area contributed by atoms with Crippen LogP contribution in [0.5, 0.6) is 0 Å². The molecule has 0 aliphatic rings. The summed E-state index contributed by atoms with van der Waals surface area (Å²) >= 11 is 0. The van der Waals surface area contributed by atoms with E-state index in [9.17, 15) is 4.79 Å². The Morgan fingerprint density at radius 1 is 1.00 bits per heavy atom. The van der Waals surface area contributed by atoms with Crippen LogP contribution in [-0.4, -0.2) is 30.4 Å². The molecule has 0 aromatic rings. The lowest BCUT2D eigenvalue weighted by Gasteiger charge is -2.24. The second-order valence-electron chi connectivity index (χ2n) is 6.01. The van der Waals surface area contributed by atoms with Crippen LogP contribution in [0, 0.1) is 0 Å². The fourth-order valence-corrected chi connectivity index (χ4v) is 2.44. The summed E-state index contributed by atoms with van der Waals surface area (Å²) in [4.78, 5) is 13.8. The molecule has 0 aliphatic heterocycles. The molecule has 3 nitrogen and oxygen atoms in total. The van der Waals surface area contributed by atoms with Crippen molar-refractivity contribution in [1.29, 1.82) is 0 Å². The second kappa shape index (κ2) is 13.4. The molecule has 0 radical (unpaired) electrons. The molecule has 0 heterocycles. The number of hydrogen-bond acceptors (Lipinski definition) is 2. The monoisotopic (exact) mass is 284 g/mol. The lowest BCUT2D eigenvalue weighted by molar-refractivity contribution is -0.131. The molecule has 1 atom stereocenters. The molecular weight excluding hydrogens is 248 g/mol. The molecule has 1 amide bonds. The minimum Gasteiger partial charge on any atom is -0.343 e. The summed E-state index contributed by atoms with van der Waals surface area (Å²) < 4.78 is 0. The van der Waals surface area contributed by atoms with Gasteiger partial charge >= 0.3 is 0 Å². The summed E-state index contributed by atoms with van der Waals surface area (Å²) in [7, 11) is 1.90. The van der Waals surface area contributed by atoms with Crippen molar-refractivity contribution in [3.8, 4) is 0 Å². The molecule has 0 aromatic heterocycles. The zero-order valence-corrected chi connectivity index (χ0v) is 14.0. The first-order valence-corrected chi connectivity index (χ1v) is 8.59. The van der Waals surface area contributed by atoms with Crippen LogP contribution >= 0.6 is 0 Å². The van der Waals surface area contributed by atoms with Crippen LogP contribution in [0.15, 0.2) is 0 Å². The Labute approximate surface area is 126 Å². The molecule has 2 N–H and O–H groups in total. The predicted molar refractivity (Wildman–Crippen MR) is 87.7 cm³/mol. The Hall–Kier alpha value is -0.570. The highest BCUT2D eigenvalue weighted by molar-refractivity contribution is 5.76. The lowest BCUT2D eigenvalue weighted by atomic mass is 10.1. The number of nitrogens with zero attached hydrogens (tertiary/aromatic N) is 1. The first-order valence-electron chi connectivity index (χ1n) is 8.59. The Bertz CT molecular complexity index is 231. The van der Waals surface area contributed by atoms with E-state index in [4.69, 9.17) is 5.73 Å². The van der Waals surface area contributed by atoms with Gasteiger partial charge in [-0.15, -0.1) is 0 Å². The normalized spacial score (nSPS) is 12.4. The van der Waals surface area contributed by atoms with E-state index in [1.807, 2.05) is 11.9 Å². The molecule has 120 valence electrons. The Balaban J connectivity index is 3.43. The molecule has 0 saturated carbocycles. The van der Waals surface area contributed by atoms with E-state index in [1.165, 1.54) is 51.4 Å². The van der Waals surface area contributed by atoms with E-state index in [2.05, 4.69) is 13.8 Å². The summed E-state index contributed by atoms with van der Waals surface area (Å²) in [6, 6.07) is 0.270. The third-order valence-corrected chi connectivity index (χ3v) is 4.13. The third kappa shape index (κ3) is 10.2. The molecule has 0 spiro atoms. The van der Waals surface area contributed by atoms with Crippen LogP contribution in [0.25, 0.3) is 0 Å². The first kappa shape index (κ1) is 19.4. The van der Waals surface area contributed by atoms with Crippen LogP contribution in [0.2, 0.25) is 0 Å². The minimum atomic E-state index is 0.270. The van der Waals surface area contributed by atoms with E-state index in [1.54, 1.807) is 0 Å². The van der Waals surface area contributed by atoms with Gasteiger partial charge in [0.05, 0.1) is 0 Å². The van der Waals surface area contributed by atoms with Crippen LogP contribution in [0.3, 0.4) is 0 Å². The van der Waals surface area contributed by atoms with Crippen LogP contribution in [-0.2, 0) is 4.79 Å². The van der Waals surface area contributed by atoms with Crippen molar-refractivity contribution in [1.82, 2.24) is 4.90 Å². The van der Waals surface area contributed by atoms with Gasteiger partial charge in [-0.25, -0.2) is 0 Å². The van der Waals surface area contributed by atoms with Gasteiger partial charge in [0.25, 0.3) is 0 Å². The van der Waals surface area contributed by atoms with Crippen molar-refractivity contribution in [3.05, 3.63) is 0 Å². The molecule has 0 saturated heterocycles. The van der Waals surface area contributed by atoms with Gasteiger partial charge in [-0.1, -0.05) is 58.3 Å². The quantitative estimate of drug-likeness (QED) is 0.517. The van der Waals surface area contributed by atoms with Gasteiger partial charge < -0.3 is 10.6 Å². The zero-order chi connectivity index (χ0) is 15.2. The topological polar surface area (TPSA) is 46.3 Å². The molecule has 0 fully saturated rings. The number of carbonyl (C=O) groups is 1. The zero-order valence-electron chi connectivity index (χ0n) is 14.0. The number of nitrogens with two attached hydrogens (primary N) is 1. The Morgan fingerprint density at radius 2 is 1.50 bits per heavy atom. The molecule has 20 heavy (non-hydrogen) atoms. The average Bonchev–Trinajstić information content (AvgIpc) is 2.44. The van der Waals surface area contributed by atoms with Gasteiger partial charge in [0.2, 0.25) is 5.91 Å². The summed E-state index contributed by atoms with van der Waals surface area (Å²) in [5.41, 5.74) is 5.53. The molecule has 0 aliphatic carbocycles. The third-order valence-electron chi connectivity index (χ3n) is 4.13. The van der Waals surface area contributed by atoms with Crippen molar-refractivity contribution >= 4 is 5.91 Å². The summed E-state index contributed by atoms with van der Waals surface area (Å²) in [5.74, 6) is 0.272. The highest BCUT2D eigenvalue weighted by Crippen LogP contribution is 2.11. The molecule has 3 heteroatoms. The smallest absolute Gasteiger partial charge is 0.222 e. The van der Waals surface area contributed by atoms with Gasteiger partial charge in [0.15, 0.2) is 0 Å². The fourth-order valence-electron chi connectivity index (χ4n) is 2.44. The largest absolute Gasteiger partial charge is 0.343 e. The lowest BCUT2D eigenvalue weighted by Crippen LogP contribution is -2.36. The molecular formula is C17H36N2O. The fraction of sp³-hybridized carbons (Fsp3) is 0.941. The Morgan fingerprint density at radius 3 is 2.00 bits per heavy atom. The number of carbonyl (C=O) groups excluding carboxylic acids is 1. The van der Waals surface area contributed by atoms with Gasteiger partial charge in [-0.3, -0.25) is 4.79 Å². The summed E-state index contributed by atoms with van der Waals surface area (Å²) in [5, 5.41) is 0. The molecule has 0 bridgehead atoms. The number of unbranched alkanes of at least 4 members (excludes halogenated alkanes) is 8. The number of rotatable bonds is 13. The summed E-state index contributed by atoms with van der Waals surface area (Å²) in [6.07, 6.45) is 13.2. The van der Waals surface area contributed by atoms with E-state index >= 15 is 0 Å². The van der Waals surface area contributed by atoms with Crippen molar-refractivity contribution in [2.24, 2.45) is 5.73 Å². The second-order valence-corrected chi connectivity index (χ2v) is 6.01. The van der Waals surface area contributed by atoms with Gasteiger partial charge in [0.1, 0.15) is 0 Å². The van der Waals surface area contributed by atoms with E-state index in [0.29, 0.717) is 13.0 Å². The average molecular weight is 284 g/mol. The predicted octanol–water partition coefficient (Wildman–Crippen LogP) is 4.10. The first-order chi connectivity index (χ1) is 9.63. The summed E-state index contributed by atoms with van der Waals surface area (Å²) in [6.45, 7) is 4.97. The van der Waals surface area contributed by atoms with Gasteiger partial charge in [-0.05, 0) is 26.3 Å². The van der Waals surface area contributed by atoms with Crippen molar-refractivity contribution in [3.63, 3.8) is 0 Å². The SMILES string of the molecule is CCCCCCCCCCCC(=O)N(C)C(C)CCN. The van der Waals surface area contributed by atoms with Crippen molar-refractivity contribution in [2.75, 3.05) is 13.6 Å². The maximum atomic E-state index is 12.0. The van der Waals surface area contributed by atoms with E-state index in [0.717, 1.165) is 12.8 Å². The Kier molecular flexibility index (Phi) is 13.0. The van der Waals surface area contributed by atoms with Gasteiger partial charge in [0, 0.05) is 19.5 Å². The maximum Gasteiger partial charge on any atom is 0.222 e. The van der Waals surface area contributed by atoms with Crippen molar-refractivity contribution in [2.45, 2.75) is 90.5 Å². The molecule has 0 rings (SSSR count). The maximum absolute atomic E-state index is 12.0. The number of hydrogen-bond donors (Lipinski definition) is 1. The van der Waals surface area contributed by atoms with Crippen molar-refractivity contribution < 1.29 is 4.79 Å². The highest BCUT2D eigenvalue weighted by Gasteiger charge is 2.14. The van der Waals surface area contributed by atoms with E-state index < -0.39 is 0 Å². The standard InChI is InChI=1S/C17H36N2O/c1-4-5-6-7-8-9-10-11-12-13-17(20)19(3)16(2)14-15-18/h16H,4-15,18H2,1-3H3. The van der Waals surface area contributed by atoms with Crippen LogP contribution in [0.4, 0.5) is 0 Å². The van der Waals surface area contributed by atoms with Gasteiger partial charge in [-0.2, -0.15) is 0 Å². The van der Waals surface area contributed by atoms with Crippen LogP contribution < -0.4 is 5.73 Å². The molecule has 1 unspecified atom stereocenters. The highest BCUT2D eigenvalue weighted by atomic mass is 16.2. The minimum absolute atomic E-state index is 0.270. The number of amides is 1. The van der Waals surface area contributed by atoms with E-state index in [-0.39, 0.29) is 11.9 Å². The van der Waals surface area contributed by atoms with Crippen LogP contribution in [0.1, 0.15) is 84.5 Å². The molecule has 0 aromatic carbocycles.